The summed E-state index contributed by atoms with van der Waals surface area (Å²) in [5, 5.41) is 12.2. The summed E-state index contributed by atoms with van der Waals surface area (Å²) in [5.74, 6) is 0.526. The Labute approximate surface area is 124 Å². The molecule has 0 aromatic carbocycles. The maximum absolute atomic E-state index is 12.2. The highest BCUT2D eigenvalue weighted by Gasteiger charge is 2.24. The van der Waals surface area contributed by atoms with Gasteiger partial charge in [-0.3, -0.25) is 4.79 Å². The maximum Gasteiger partial charge on any atom is 0.228 e. The SMILES string of the molecule is CC(C)(C)c1nc(CC(=O)N2CCC(CO)CC2)cs1. The van der Waals surface area contributed by atoms with Gasteiger partial charge in [-0.25, -0.2) is 4.98 Å². The summed E-state index contributed by atoms with van der Waals surface area (Å²) in [6.45, 7) is 8.18. The zero-order valence-corrected chi connectivity index (χ0v) is 13.4. The number of carbonyl (C=O) groups is 1. The molecule has 0 spiro atoms. The van der Waals surface area contributed by atoms with E-state index in [2.05, 4.69) is 25.8 Å². The fraction of sp³-hybridized carbons (Fsp3) is 0.733. The molecule has 0 saturated carbocycles. The van der Waals surface area contributed by atoms with Crippen LogP contribution in [0.5, 0.6) is 0 Å². The zero-order valence-electron chi connectivity index (χ0n) is 12.6. The average Bonchev–Trinajstić information content (AvgIpc) is 2.87. The van der Waals surface area contributed by atoms with Gasteiger partial charge in [0.15, 0.2) is 0 Å². The number of rotatable bonds is 3. The minimum atomic E-state index is 0.0471. The molecular weight excluding hydrogens is 272 g/mol. The molecule has 1 fully saturated rings. The molecule has 0 aliphatic carbocycles. The lowest BCUT2D eigenvalue weighted by Crippen LogP contribution is -2.40. The molecule has 4 nitrogen and oxygen atoms in total. The van der Waals surface area contributed by atoms with Gasteiger partial charge in [0.05, 0.1) is 17.1 Å². The van der Waals surface area contributed by atoms with Crippen LogP contribution in [0.4, 0.5) is 0 Å². The third-order valence-electron chi connectivity index (χ3n) is 3.75. The predicted molar refractivity (Wildman–Crippen MR) is 80.9 cm³/mol. The first kappa shape index (κ1) is 15.4. The minimum Gasteiger partial charge on any atom is -0.396 e. The Morgan fingerprint density at radius 3 is 2.60 bits per heavy atom. The second kappa shape index (κ2) is 6.22. The van der Waals surface area contributed by atoms with Gasteiger partial charge in [-0.1, -0.05) is 20.8 Å². The van der Waals surface area contributed by atoms with E-state index < -0.39 is 0 Å². The molecule has 1 aromatic rings. The van der Waals surface area contributed by atoms with E-state index in [1.165, 1.54) is 0 Å². The summed E-state index contributed by atoms with van der Waals surface area (Å²) < 4.78 is 0. The van der Waals surface area contributed by atoms with Crippen molar-refractivity contribution < 1.29 is 9.90 Å². The summed E-state index contributed by atoms with van der Waals surface area (Å²) in [7, 11) is 0. The van der Waals surface area contributed by atoms with Crippen LogP contribution in [0, 0.1) is 5.92 Å². The Morgan fingerprint density at radius 2 is 2.10 bits per heavy atom. The van der Waals surface area contributed by atoms with Crippen molar-refractivity contribution in [1.29, 1.82) is 0 Å². The Morgan fingerprint density at radius 1 is 1.45 bits per heavy atom. The molecule has 1 N–H and O–H groups in total. The van der Waals surface area contributed by atoms with E-state index in [1.807, 2.05) is 10.3 Å². The number of piperidine rings is 1. The lowest BCUT2D eigenvalue weighted by atomic mass is 9.97. The van der Waals surface area contributed by atoms with Gasteiger partial charge >= 0.3 is 0 Å². The quantitative estimate of drug-likeness (QED) is 0.930. The van der Waals surface area contributed by atoms with Crippen molar-refractivity contribution in [3.05, 3.63) is 16.1 Å². The number of hydrogen-bond acceptors (Lipinski definition) is 4. The van der Waals surface area contributed by atoms with Crippen molar-refractivity contribution in [3.8, 4) is 0 Å². The van der Waals surface area contributed by atoms with Gasteiger partial charge in [-0.15, -0.1) is 11.3 Å². The van der Waals surface area contributed by atoms with Gasteiger partial charge in [0.1, 0.15) is 0 Å². The highest BCUT2D eigenvalue weighted by Crippen LogP contribution is 2.26. The number of aliphatic hydroxyl groups excluding tert-OH is 1. The van der Waals surface area contributed by atoms with E-state index in [4.69, 9.17) is 5.11 Å². The maximum atomic E-state index is 12.2. The number of aromatic nitrogens is 1. The first-order valence-electron chi connectivity index (χ1n) is 7.23. The van der Waals surface area contributed by atoms with Crippen LogP contribution in [0.1, 0.15) is 44.3 Å². The Bertz CT molecular complexity index is 457. The number of likely N-dealkylation sites (tertiary alicyclic amines) is 1. The Kier molecular flexibility index (Phi) is 4.81. The van der Waals surface area contributed by atoms with E-state index in [0.29, 0.717) is 12.3 Å². The molecule has 1 aliphatic rings. The second-order valence-corrected chi connectivity index (χ2v) is 7.44. The van der Waals surface area contributed by atoms with Crippen LogP contribution in [0.3, 0.4) is 0 Å². The number of amides is 1. The minimum absolute atomic E-state index is 0.0471. The van der Waals surface area contributed by atoms with Crippen molar-refractivity contribution in [2.75, 3.05) is 19.7 Å². The number of aliphatic hydroxyl groups is 1. The number of thiazole rings is 1. The van der Waals surface area contributed by atoms with Crippen molar-refractivity contribution in [3.63, 3.8) is 0 Å². The summed E-state index contributed by atoms with van der Waals surface area (Å²) in [4.78, 5) is 18.7. The molecule has 0 atom stereocenters. The van der Waals surface area contributed by atoms with E-state index in [9.17, 15) is 4.79 Å². The number of hydrogen-bond donors (Lipinski definition) is 1. The smallest absolute Gasteiger partial charge is 0.228 e. The molecule has 112 valence electrons. The van der Waals surface area contributed by atoms with Gasteiger partial charge in [0.25, 0.3) is 0 Å². The highest BCUT2D eigenvalue weighted by molar-refractivity contribution is 7.09. The van der Waals surface area contributed by atoms with Crippen LogP contribution >= 0.6 is 11.3 Å². The topological polar surface area (TPSA) is 53.4 Å². The van der Waals surface area contributed by atoms with Crippen LogP contribution in [0.15, 0.2) is 5.38 Å². The fourth-order valence-corrected chi connectivity index (χ4v) is 3.27. The standard InChI is InChI=1S/C15H24N2O2S/c1-15(2,3)14-16-12(10-20-14)8-13(19)17-6-4-11(9-18)5-7-17/h10-11,18H,4-9H2,1-3H3. The molecule has 0 unspecified atom stereocenters. The highest BCUT2D eigenvalue weighted by atomic mass is 32.1. The summed E-state index contributed by atoms with van der Waals surface area (Å²) in [6.07, 6.45) is 2.22. The molecule has 1 aliphatic heterocycles. The van der Waals surface area contributed by atoms with Gasteiger partial charge in [0.2, 0.25) is 5.91 Å². The molecular formula is C15H24N2O2S. The van der Waals surface area contributed by atoms with Gasteiger partial charge in [-0.05, 0) is 18.8 Å². The normalized spacial score (nSPS) is 17.5. The van der Waals surface area contributed by atoms with E-state index in [0.717, 1.165) is 36.6 Å². The van der Waals surface area contributed by atoms with Crippen molar-refractivity contribution in [2.45, 2.75) is 45.4 Å². The van der Waals surface area contributed by atoms with Gasteiger partial charge < -0.3 is 10.0 Å². The predicted octanol–water partition coefficient (Wildman–Crippen LogP) is 2.21. The van der Waals surface area contributed by atoms with Gasteiger partial charge in [0, 0.05) is 30.5 Å². The fourth-order valence-electron chi connectivity index (χ4n) is 2.36. The summed E-state index contributed by atoms with van der Waals surface area (Å²) in [5.41, 5.74) is 0.931. The van der Waals surface area contributed by atoms with Crippen molar-refractivity contribution in [2.24, 2.45) is 5.92 Å². The largest absolute Gasteiger partial charge is 0.396 e. The average molecular weight is 296 g/mol. The first-order chi connectivity index (χ1) is 9.40. The zero-order chi connectivity index (χ0) is 14.8. The van der Waals surface area contributed by atoms with Gasteiger partial charge in [-0.2, -0.15) is 0 Å². The summed E-state index contributed by atoms with van der Waals surface area (Å²) >= 11 is 1.63. The molecule has 20 heavy (non-hydrogen) atoms. The first-order valence-corrected chi connectivity index (χ1v) is 8.11. The third kappa shape index (κ3) is 3.79. The van der Waals surface area contributed by atoms with Crippen molar-refractivity contribution >= 4 is 17.2 Å². The second-order valence-electron chi connectivity index (χ2n) is 6.58. The summed E-state index contributed by atoms with van der Waals surface area (Å²) in [6, 6.07) is 0. The van der Waals surface area contributed by atoms with Crippen LogP contribution < -0.4 is 0 Å². The van der Waals surface area contributed by atoms with E-state index >= 15 is 0 Å². The van der Waals surface area contributed by atoms with Crippen LogP contribution in [0.25, 0.3) is 0 Å². The molecule has 2 heterocycles. The molecule has 2 rings (SSSR count). The van der Waals surface area contributed by atoms with E-state index in [1.54, 1.807) is 11.3 Å². The molecule has 1 saturated heterocycles. The van der Waals surface area contributed by atoms with E-state index in [-0.39, 0.29) is 17.9 Å². The third-order valence-corrected chi connectivity index (χ3v) is 5.07. The number of nitrogens with zero attached hydrogens (tertiary/aromatic N) is 2. The molecule has 5 heteroatoms. The lowest BCUT2D eigenvalue weighted by molar-refractivity contribution is -0.132. The lowest BCUT2D eigenvalue weighted by Gasteiger charge is -2.31. The Hall–Kier alpha value is -0.940. The van der Waals surface area contributed by atoms with Crippen LogP contribution in [0.2, 0.25) is 0 Å². The van der Waals surface area contributed by atoms with Crippen LogP contribution in [-0.2, 0) is 16.6 Å². The van der Waals surface area contributed by atoms with Crippen LogP contribution in [-0.4, -0.2) is 40.6 Å². The number of carbonyl (C=O) groups excluding carboxylic acids is 1. The molecule has 0 radical (unpaired) electrons. The molecule has 1 amide bonds. The molecule has 0 bridgehead atoms. The molecule has 1 aromatic heterocycles. The monoisotopic (exact) mass is 296 g/mol. The van der Waals surface area contributed by atoms with Crippen molar-refractivity contribution in [1.82, 2.24) is 9.88 Å². The Balaban J connectivity index is 1.90.